The van der Waals surface area contributed by atoms with Crippen molar-refractivity contribution in [2.24, 2.45) is 0 Å². The number of para-hydroxylation sites is 1. The quantitative estimate of drug-likeness (QED) is 0.491. The number of hydrogen-bond donors (Lipinski definition) is 0. The summed E-state index contributed by atoms with van der Waals surface area (Å²) in [5.74, 6) is 0.193. The maximum atomic E-state index is 13.7. The summed E-state index contributed by atoms with van der Waals surface area (Å²) in [5, 5.41) is 4.27. The lowest BCUT2D eigenvalue weighted by Gasteiger charge is -2.44. The second-order valence-corrected chi connectivity index (χ2v) is 10.5. The molecule has 8 nitrogen and oxygen atoms in total. The van der Waals surface area contributed by atoms with E-state index in [2.05, 4.69) is 27.1 Å². The molecule has 2 atom stereocenters. The van der Waals surface area contributed by atoms with Crippen molar-refractivity contribution >= 4 is 17.5 Å². The minimum Gasteiger partial charge on any atom is -0.337 e. The Morgan fingerprint density at radius 3 is 2.61 bits per heavy atom. The number of carbonyl (C=O) groups excluding carboxylic acids is 2. The monoisotopic (exact) mass is 514 g/mol. The molecule has 0 spiro atoms. The molecule has 2 aliphatic heterocycles. The van der Waals surface area contributed by atoms with Crippen LogP contribution in [0.2, 0.25) is 0 Å². The highest BCUT2D eigenvalue weighted by Gasteiger charge is 2.34. The molecule has 8 heteroatoms. The van der Waals surface area contributed by atoms with Crippen LogP contribution < -0.4 is 4.90 Å². The van der Waals surface area contributed by atoms with Crippen LogP contribution >= 0.6 is 0 Å². The minimum atomic E-state index is 0.0393. The number of hydrogen-bond acceptors (Lipinski definition) is 5. The number of benzene rings is 1. The van der Waals surface area contributed by atoms with Gasteiger partial charge in [-0.15, -0.1) is 0 Å². The normalized spacial score (nSPS) is 20.4. The largest absolute Gasteiger partial charge is 0.337 e. The molecule has 2 amide bonds. The van der Waals surface area contributed by atoms with Crippen LogP contribution in [0.3, 0.4) is 0 Å². The van der Waals surface area contributed by atoms with E-state index in [-0.39, 0.29) is 17.9 Å². The zero-order valence-electron chi connectivity index (χ0n) is 22.3. The van der Waals surface area contributed by atoms with Gasteiger partial charge in [0.1, 0.15) is 0 Å². The third-order valence-electron chi connectivity index (χ3n) is 7.91. The number of aromatic nitrogens is 3. The summed E-state index contributed by atoms with van der Waals surface area (Å²) in [6, 6.07) is 16.6. The molecule has 1 fully saturated rings. The van der Waals surface area contributed by atoms with Crippen LogP contribution in [0.4, 0.5) is 5.69 Å². The molecule has 4 heterocycles. The molecular weight excluding hydrogens is 476 g/mol. The molecule has 2 aliphatic rings. The van der Waals surface area contributed by atoms with Gasteiger partial charge in [0, 0.05) is 82.4 Å². The van der Waals surface area contributed by atoms with Crippen LogP contribution in [0.25, 0.3) is 0 Å². The van der Waals surface area contributed by atoms with Crippen molar-refractivity contribution in [3.8, 4) is 0 Å². The van der Waals surface area contributed by atoms with E-state index in [1.807, 2.05) is 63.3 Å². The molecular formula is C30H38N6O2. The lowest BCUT2D eigenvalue weighted by molar-refractivity contribution is -0.133. The molecule has 0 N–H and O–H groups in total. The highest BCUT2D eigenvalue weighted by Crippen LogP contribution is 2.31. The zero-order valence-corrected chi connectivity index (χ0v) is 22.3. The number of piperidine rings is 1. The number of aryl methyl sites for hydroxylation is 1. The van der Waals surface area contributed by atoms with Gasteiger partial charge in [-0.05, 0) is 55.5 Å². The van der Waals surface area contributed by atoms with E-state index in [1.165, 1.54) is 0 Å². The second-order valence-electron chi connectivity index (χ2n) is 10.5. The summed E-state index contributed by atoms with van der Waals surface area (Å²) < 4.78 is 1.88. The Hall–Kier alpha value is -3.52. The van der Waals surface area contributed by atoms with E-state index in [4.69, 9.17) is 0 Å². The molecule has 2 unspecified atom stereocenters. The standard InChI is InChI=1S/C30H38N6O2/c1-24(37)35-20-15-27-11-6-12-28(36(27)22-26-10-4-5-16-31-26)23-33(21-25-9-2-3-13-29(25)35)30(38)14-7-18-34-19-8-17-32-34/h2-5,8-10,13,16-17,19,27-28H,6-7,11-12,14-15,18,20-23H2,1H3. The van der Waals surface area contributed by atoms with E-state index in [0.29, 0.717) is 32.1 Å². The molecule has 38 heavy (non-hydrogen) atoms. The molecule has 0 radical (unpaired) electrons. The molecule has 5 rings (SSSR count). The number of fused-ring (bicyclic) bond motifs is 3. The molecule has 200 valence electrons. The Balaban J connectivity index is 1.44. The van der Waals surface area contributed by atoms with E-state index in [1.54, 1.807) is 13.1 Å². The van der Waals surface area contributed by atoms with Gasteiger partial charge in [-0.25, -0.2) is 0 Å². The highest BCUT2D eigenvalue weighted by molar-refractivity contribution is 5.92. The zero-order chi connectivity index (χ0) is 26.3. The van der Waals surface area contributed by atoms with Crippen molar-refractivity contribution in [3.05, 3.63) is 78.4 Å². The first kappa shape index (κ1) is 26.1. The number of carbonyl (C=O) groups is 2. The van der Waals surface area contributed by atoms with E-state index in [0.717, 1.165) is 62.1 Å². The number of nitrogens with zero attached hydrogens (tertiary/aromatic N) is 6. The fourth-order valence-electron chi connectivity index (χ4n) is 5.99. The Bertz CT molecular complexity index is 1200. The number of anilines is 1. The molecule has 1 aromatic carbocycles. The molecule has 2 bridgehead atoms. The van der Waals surface area contributed by atoms with Crippen molar-refractivity contribution in [2.75, 3.05) is 18.0 Å². The predicted molar refractivity (Wildman–Crippen MR) is 147 cm³/mol. The van der Waals surface area contributed by atoms with Gasteiger partial charge in [-0.2, -0.15) is 5.10 Å². The van der Waals surface area contributed by atoms with E-state index < -0.39 is 0 Å². The minimum absolute atomic E-state index is 0.0393. The smallest absolute Gasteiger partial charge is 0.223 e. The lowest BCUT2D eigenvalue weighted by Crippen LogP contribution is -2.52. The average molecular weight is 515 g/mol. The highest BCUT2D eigenvalue weighted by atomic mass is 16.2. The van der Waals surface area contributed by atoms with Gasteiger partial charge in [0.2, 0.25) is 11.8 Å². The first-order valence-electron chi connectivity index (χ1n) is 13.9. The Kier molecular flexibility index (Phi) is 8.48. The third-order valence-corrected chi connectivity index (χ3v) is 7.91. The van der Waals surface area contributed by atoms with Crippen LogP contribution in [-0.4, -0.2) is 61.6 Å². The molecule has 0 saturated carbocycles. The Morgan fingerprint density at radius 1 is 0.974 bits per heavy atom. The maximum absolute atomic E-state index is 13.7. The summed E-state index contributed by atoms with van der Waals surface area (Å²) >= 11 is 0. The number of pyridine rings is 1. The van der Waals surface area contributed by atoms with Gasteiger partial charge in [-0.3, -0.25) is 24.2 Å². The van der Waals surface area contributed by atoms with Crippen LogP contribution in [0.5, 0.6) is 0 Å². The van der Waals surface area contributed by atoms with Crippen molar-refractivity contribution in [1.29, 1.82) is 0 Å². The first-order chi connectivity index (χ1) is 18.6. The predicted octanol–water partition coefficient (Wildman–Crippen LogP) is 4.27. The first-order valence-corrected chi connectivity index (χ1v) is 13.9. The summed E-state index contributed by atoms with van der Waals surface area (Å²) in [7, 11) is 0. The van der Waals surface area contributed by atoms with Gasteiger partial charge in [0.25, 0.3) is 0 Å². The SMILES string of the molecule is CC(=O)N1CCC2CCCC(CN(C(=O)CCCn3cccn3)Cc3ccccc31)N2Cc1ccccn1. The number of rotatable bonds is 6. The fourth-order valence-corrected chi connectivity index (χ4v) is 5.99. The topological polar surface area (TPSA) is 74.6 Å². The fraction of sp³-hybridized carbons (Fsp3) is 0.467. The molecule has 3 aromatic rings. The van der Waals surface area contributed by atoms with Crippen molar-refractivity contribution in [2.45, 2.75) is 77.2 Å². The molecule has 2 aromatic heterocycles. The van der Waals surface area contributed by atoms with Gasteiger partial charge in [0.15, 0.2) is 0 Å². The maximum Gasteiger partial charge on any atom is 0.223 e. The van der Waals surface area contributed by atoms with E-state index >= 15 is 0 Å². The average Bonchev–Trinajstić information content (AvgIpc) is 3.44. The van der Waals surface area contributed by atoms with Crippen LogP contribution in [0.1, 0.15) is 56.7 Å². The third kappa shape index (κ3) is 6.30. The van der Waals surface area contributed by atoms with Gasteiger partial charge < -0.3 is 9.80 Å². The van der Waals surface area contributed by atoms with Crippen LogP contribution in [-0.2, 0) is 29.2 Å². The Labute approximate surface area is 225 Å². The van der Waals surface area contributed by atoms with Gasteiger partial charge in [0.05, 0.1) is 5.69 Å². The Morgan fingerprint density at radius 2 is 1.82 bits per heavy atom. The van der Waals surface area contributed by atoms with Gasteiger partial charge >= 0.3 is 0 Å². The van der Waals surface area contributed by atoms with Crippen LogP contribution in [0, 0.1) is 0 Å². The summed E-state index contributed by atoms with van der Waals surface area (Å²) in [4.78, 5) is 37.7. The van der Waals surface area contributed by atoms with Gasteiger partial charge in [-0.1, -0.05) is 30.7 Å². The second kappa shape index (κ2) is 12.3. The van der Waals surface area contributed by atoms with Crippen molar-refractivity contribution < 1.29 is 9.59 Å². The lowest BCUT2D eigenvalue weighted by atomic mass is 9.92. The van der Waals surface area contributed by atoms with Crippen molar-refractivity contribution in [1.82, 2.24) is 24.6 Å². The summed E-state index contributed by atoms with van der Waals surface area (Å²) in [6.45, 7) is 4.96. The van der Waals surface area contributed by atoms with Crippen LogP contribution in [0.15, 0.2) is 67.1 Å². The van der Waals surface area contributed by atoms with Crippen molar-refractivity contribution in [3.63, 3.8) is 0 Å². The molecule has 0 aliphatic carbocycles. The summed E-state index contributed by atoms with van der Waals surface area (Å²) in [6.07, 6.45) is 10.9. The number of amides is 2. The van der Waals surface area contributed by atoms with E-state index in [9.17, 15) is 9.59 Å². The summed E-state index contributed by atoms with van der Waals surface area (Å²) in [5.41, 5.74) is 2.99. The molecule has 1 saturated heterocycles.